The van der Waals surface area contributed by atoms with Crippen molar-refractivity contribution in [1.82, 2.24) is 10.2 Å². The molecule has 4 rings (SSSR count). The summed E-state index contributed by atoms with van der Waals surface area (Å²) in [5.74, 6) is -0.00397. The standard InChI is InChI=1S/C22H29N3O4/c26-20-4-2-1-3-15-7-8-16(11-19(15)20)23-22(29)24-17-9-18(10-17)25(13-21(27)28)12-14-5-6-14/h7-8,11,14,17-18H,1-6,9-10,12-13H2,(H,27,28)(H2,23,24,29). The summed E-state index contributed by atoms with van der Waals surface area (Å²) in [6, 6.07) is 5.58. The van der Waals surface area contributed by atoms with Gasteiger partial charge in [-0.05, 0) is 68.6 Å². The molecule has 3 N–H and O–H groups in total. The van der Waals surface area contributed by atoms with Crippen molar-refractivity contribution in [2.45, 2.75) is 63.5 Å². The predicted octanol–water partition coefficient (Wildman–Crippen LogP) is 3.04. The molecule has 2 saturated carbocycles. The van der Waals surface area contributed by atoms with Gasteiger partial charge in [0.1, 0.15) is 0 Å². The van der Waals surface area contributed by atoms with Crippen LogP contribution in [0.4, 0.5) is 10.5 Å². The fourth-order valence-electron chi connectivity index (χ4n) is 4.37. The van der Waals surface area contributed by atoms with Crippen LogP contribution in [0, 0.1) is 5.92 Å². The second-order valence-corrected chi connectivity index (χ2v) is 8.69. The number of benzene rings is 1. The van der Waals surface area contributed by atoms with Gasteiger partial charge in [0.15, 0.2) is 5.78 Å². The average Bonchev–Trinajstić information content (AvgIpc) is 3.46. The van der Waals surface area contributed by atoms with Gasteiger partial charge in [0.2, 0.25) is 0 Å². The second-order valence-electron chi connectivity index (χ2n) is 8.69. The van der Waals surface area contributed by atoms with Crippen LogP contribution in [-0.4, -0.2) is 53.0 Å². The number of urea groups is 1. The van der Waals surface area contributed by atoms with Crippen molar-refractivity contribution in [2.75, 3.05) is 18.4 Å². The lowest BCUT2D eigenvalue weighted by Gasteiger charge is -2.42. The van der Waals surface area contributed by atoms with Crippen molar-refractivity contribution in [3.63, 3.8) is 0 Å². The number of fused-ring (bicyclic) bond motifs is 1. The van der Waals surface area contributed by atoms with Crippen molar-refractivity contribution >= 4 is 23.5 Å². The van der Waals surface area contributed by atoms with E-state index in [2.05, 4.69) is 10.6 Å². The molecule has 0 aromatic heterocycles. The zero-order valence-corrected chi connectivity index (χ0v) is 16.7. The number of carbonyl (C=O) groups is 3. The van der Waals surface area contributed by atoms with E-state index < -0.39 is 5.97 Å². The van der Waals surface area contributed by atoms with E-state index in [1.54, 1.807) is 6.07 Å². The van der Waals surface area contributed by atoms with Gasteiger partial charge in [0, 0.05) is 36.3 Å². The molecule has 0 radical (unpaired) electrons. The Morgan fingerprint density at radius 2 is 1.90 bits per heavy atom. The first-order valence-electron chi connectivity index (χ1n) is 10.7. The van der Waals surface area contributed by atoms with E-state index in [4.69, 9.17) is 5.11 Å². The van der Waals surface area contributed by atoms with Gasteiger partial charge in [0.05, 0.1) is 6.54 Å². The molecule has 156 valence electrons. The molecule has 29 heavy (non-hydrogen) atoms. The minimum Gasteiger partial charge on any atom is -0.480 e. The van der Waals surface area contributed by atoms with Crippen LogP contribution >= 0.6 is 0 Å². The van der Waals surface area contributed by atoms with Gasteiger partial charge in [-0.3, -0.25) is 14.5 Å². The van der Waals surface area contributed by atoms with Gasteiger partial charge in [-0.1, -0.05) is 6.07 Å². The van der Waals surface area contributed by atoms with Crippen LogP contribution in [0.2, 0.25) is 0 Å². The lowest BCUT2D eigenvalue weighted by atomic mass is 9.85. The van der Waals surface area contributed by atoms with Crippen LogP contribution in [0.1, 0.15) is 60.9 Å². The van der Waals surface area contributed by atoms with E-state index in [9.17, 15) is 14.4 Å². The summed E-state index contributed by atoms with van der Waals surface area (Å²) in [7, 11) is 0. The number of nitrogens with one attached hydrogen (secondary N) is 2. The Balaban J connectivity index is 1.27. The molecule has 3 aliphatic carbocycles. The van der Waals surface area contributed by atoms with Gasteiger partial charge in [-0.25, -0.2) is 4.79 Å². The van der Waals surface area contributed by atoms with Crippen molar-refractivity contribution < 1.29 is 19.5 Å². The monoisotopic (exact) mass is 399 g/mol. The van der Waals surface area contributed by atoms with Crippen LogP contribution in [0.25, 0.3) is 0 Å². The normalized spacial score (nSPS) is 23.7. The Hall–Kier alpha value is -2.41. The molecule has 7 heteroatoms. The molecule has 0 aliphatic heterocycles. The number of anilines is 1. The third-order valence-corrected chi connectivity index (χ3v) is 6.26. The maximum Gasteiger partial charge on any atom is 0.319 e. The minimum absolute atomic E-state index is 0.0537. The van der Waals surface area contributed by atoms with Gasteiger partial charge >= 0.3 is 12.0 Å². The third kappa shape index (κ3) is 5.15. The molecule has 0 heterocycles. The lowest BCUT2D eigenvalue weighted by Crippen LogP contribution is -2.55. The van der Waals surface area contributed by atoms with Crippen LogP contribution in [0.5, 0.6) is 0 Å². The maximum absolute atomic E-state index is 12.4. The fourth-order valence-corrected chi connectivity index (χ4v) is 4.37. The summed E-state index contributed by atoms with van der Waals surface area (Å²) in [6.45, 7) is 0.919. The van der Waals surface area contributed by atoms with Crippen molar-refractivity contribution in [1.29, 1.82) is 0 Å². The summed E-state index contributed by atoms with van der Waals surface area (Å²) in [5, 5.41) is 14.9. The molecule has 2 amide bonds. The molecule has 0 unspecified atom stereocenters. The number of ketones is 1. The Morgan fingerprint density at radius 3 is 2.62 bits per heavy atom. The summed E-state index contributed by atoms with van der Waals surface area (Å²) in [5.41, 5.74) is 2.43. The van der Waals surface area contributed by atoms with Gasteiger partial charge in [-0.15, -0.1) is 0 Å². The first-order chi connectivity index (χ1) is 14.0. The molecule has 3 aliphatic rings. The number of amides is 2. The summed E-state index contributed by atoms with van der Waals surface area (Å²) in [4.78, 5) is 37.8. The minimum atomic E-state index is -0.794. The highest BCUT2D eigenvalue weighted by Crippen LogP contribution is 2.33. The van der Waals surface area contributed by atoms with Gasteiger partial charge in [-0.2, -0.15) is 0 Å². The molecule has 7 nitrogen and oxygen atoms in total. The van der Waals surface area contributed by atoms with E-state index in [0.717, 1.165) is 49.8 Å². The van der Waals surface area contributed by atoms with Crippen LogP contribution < -0.4 is 10.6 Å². The lowest BCUT2D eigenvalue weighted by molar-refractivity contribution is -0.139. The number of aryl methyl sites for hydroxylation is 1. The number of aliphatic carboxylic acids is 1. The SMILES string of the molecule is O=C(O)CN(CC1CC1)C1CC(NC(=O)Nc2ccc3c(c2)C(=O)CCCC3)C1. The highest BCUT2D eigenvalue weighted by Gasteiger charge is 2.37. The fraction of sp³-hybridized carbons (Fsp3) is 0.591. The third-order valence-electron chi connectivity index (χ3n) is 6.26. The molecular formula is C22H29N3O4. The van der Waals surface area contributed by atoms with Gasteiger partial charge < -0.3 is 15.7 Å². The second kappa shape index (κ2) is 8.53. The molecule has 0 saturated heterocycles. The Bertz CT molecular complexity index is 799. The highest BCUT2D eigenvalue weighted by molar-refractivity contribution is 5.99. The Labute approximate surface area is 170 Å². The number of carboxylic acid groups (broad SMARTS) is 1. The van der Waals surface area contributed by atoms with Crippen molar-refractivity contribution in [3.05, 3.63) is 29.3 Å². The van der Waals surface area contributed by atoms with Crippen molar-refractivity contribution in [2.24, 2.45) is 5.92 Å². The molecule has 0 atom stereocenters. The Kier molecular flexibility index (Phi) is 5.85. The van der Waals surface area contributed by atoms with E-state index in [1.165, 1.54) is 12.8 Å². The topological polar surface area (TPSA) is 98.7 Å². The summed E-state index contributed by atoms with van der Waals surface area (Å²) < 4.78 is 0. The number of Topliss-reactive ketones (excluding diaryl/α,β-unsaturated/α-hetero) is 1. The first kappa shape index (κ1) is 19.9. The first-order valence-corrected chi connectivity index (χ1v) is 10.7. The summed E-state index contributed by atoms with van der Waals surface area (Å²) in [6.07, 6.45) is 7.34. The average molecular weight is 399 g/mol. The van der Waals surface area contributed by atoms with E-state index in [0.29, 0.717) is 18.0 Å². The largest absolute Gasteiger partial charge is 0.480 e. The zero-order valence-electron chi connectivity index (χ0n) is 16.7. The van der Waals surface area contributed by atoms with Crippen LogP contribution in [0.3, 0.4) is 0 Å². The quantitative estimate of drug-likeness (QED) is 0.612. The van der Waals surface area contributed by atoms with E-state index in [1.807, 2.05) is 17.0 Å². The van der Waals surface area contributed by atoms with E-state index >= 15 is 0 Å². The smallest absolute Gasteiger partial charge is 0.319 e. The van der Waals surface area contributed by atoms with Gasteiger partial charge in [0.25, 0.3) is 0 Å². The van der Waals surface area contributed by atoms with Crippen molar-refractivity contribution in [3.8, 4) is 0 Å². The predicted molar refractivity (Wildman–Crippen MR) is 109 cm³/mol. The van der Waals surface area contributed by atoms with Crippen LogP contribution in [0.15, 0.2) is 18.2 Å². The number of hydrogen-bond acceptors (Lipinski definition) is 4. The summed E-state index contributed by atoms with van der Waals surface area (Å²) >= 11 is 0. The number of hydrogen-bond donors (Lipinski definition) is 3. The molecule has 0 bridgehead atoms. The number of carbonyl (C=O) groups excluding carboxylic acids is 2. The number of rotatable bonds is 7. The number of nitrogens with zero attached hydrogens (tertiary/aromatic N) is 1. The number of carboxylic acids is 1. The molecule has 1 aromatic rings. The molecule has 2 fully saturated rings. The molecule has 1 aromatic carbocycles. The van der Waals surface area contributed by atoms with E-state index in [-0.39, 0.29) is 30.4 Å². The molecular weight excluding hydrogens is 370 g/mol. The zero-order chi connectivity index (χ0) is 20.4. The maximum atomic E-state index is 12.4. The Morgan fingerprint density at radius 1 is 1.14 bits per heavy atom. The highest BCUT2D eigenvalue weighted by atomic mass is 16.4. The molecule has 0 spiro atoms. The van der Waals surface area contributed by atoms with Crippen LogP contribution in [-0.2, 0) is 11.2 Å².